The molecular weight excluding hydrogens is 170 g/mol. The maximum absolute atomic E-state index is 4.31. The van der Waals surface area contributed by atoms with E-state index >= 15 is 0 Å². The topological polar surface area (TPSA) is 12.9 Å². The van der Waals surface area contributed by atoms with E-state index in [1.54, 1.807) is 0 Å². The Balaban J connectivity index is 2.62. The molecule has 0 aliphatic carbocycles. The van der Waals surface area contributed by atoms with Crippen LogP contribution in [0.1, 0.15) is 31.0 Å². The number of aryl methyl sites for hydroxylation is 1. The van der Waals surface area contributed by atoms with E-state index in [9.17, 15) is 0 Å². The van der Waals surface area contributed by atoms with Gasteiger partial charge in [-0.05, 0) is 35.9 Å². The fraction of sp³-hybridized carbons (Fsp3) is 0.308. The molecule has 0 saturated heterocycles. The van der Waals surface area contributed by atoms with Gasteiger partial charge in [-0.25, -0.2) is 0 Å². The van der Waals surface area contributed by atoms with Gasteiger partial charge in [0, 0.05) is 17.3 Å². The lowest BCUT2D eigenvalue weighted by Gasteiger charge is -2.06. The second-order valence-electron chi connectivity index (χ2n) is 4.09. The van der Waals surface area contributed by atoms with Gasteiger partial charge in [-0.1, -0.05) is 26.0 Å². The lowest BCUT2D eigenvalue weighted by Crippen LogP contribution is -1.88. The van der Waals surface area contributed by atoms with Gasteiger partial charge in [0.05, 0.1) is 0 Å². The van der Waals surface area contributed by atoms with Crippen molar-refractivity contribution in [3.8, 4) is 0 Å². The molecule has 0 atom stereocenters. The van der Waals surface area contributed by atoms with Crippen LogP contribution in [0.4, 0.5) is 0 Å². The molecule has 0 bridgehead atoms. The predicted molar refractivity (Wildman–Crippen MR) is 60.6 cm³/mol. The molecule has 1 nitrogen and oxygen atoms in total. The third-order valence-electron chi connectivity index (χ3n) is 2.55. The zero-order valence-electron chi connectivity index (χ0n) is 8.91. The molecule has 72 valence electrons. The van der Waals surface area contributed by atoms with Crippen LogP contribution in [0.25, 0.3) is 10.8 Å². The molecule has 0 radical (unpaired) electrons. The molecular formula is C13H15N. The predicted octanol–water partition coefficient (Wildman–Crippen LogP) is 3.67. The molecule has 1 heteroatoms. The summed E-state index contributed by atoms with van der Waals surface area (Å²) in [7, 11) is 0. The summed E-state index contributed by atoms with van der Waals surface area (Å²) < 4.78 is 0. The number of aromatic nitrogens is 1. The molecule has 2 rings (SSSR count). The Morgan fingerprint density at radius 3 is 2.57 bits per heavy atom. The molecule has 2 aromatic rings. The van der Waals surface area contributed by atoms with Crippen LogP contribution in [-0.4, -0.2) is 4.98 Å². The Morgan fingerprint density at radius 2 is 1.86 bits per heavy atom. The number of hydrogen-bond acceptors (Lipinski definition) is 1. The molecule has 0 N–H and O–H groups in total. The van der Waals surface area contributed by atoms with Crippen molar-refractivity contribution in [1.29, 1.82) is 0 Å². The van der Waals surface area contributed by atoms with E-state index in [0.717, 1.165) is 5.69 Å². The summed E-state index contributed by atoms with van der Waals surface area (Å²) in [6.45, 7) is 6.45. The van der Waals surface area contributed by atoms with Gasteiger partial charge in [-0.3, -0.25) is 4.98 Å². The Bertz CT molecular complexity index is 458. The maximum atomic E-state index is 4.31. The van der Waals surface area contributed by atoms with E-state index in [4.69, 9.17) is 0 Å². The third-order valence-corrected chi connectivity index (χ3v) is 2.55. The molecule has 0 unspecified atom stereocenters. The number of benzene rings is 1. The van der Waals surface area contributed by atoms with Crippen LogP contribution >= 0.6 is 0 Å². The second kappa shape index (κ2) is 3.41. The molecule has 0 spiro atoms. The minimum absolute atomic E-state index is 0.584. The molecule has 1 heterocycles. The Kier molecular flexibility index (Phi) is 2.24. The van der Waals surface area contributed by atoms with Crippen molar-refractivity contribution in [2.24, 2.45) is 0 Å². The van der Waals surface area contributed by atoms with Gasteiger partial charge < -0.3 is 0 Å². The molecule has 14 heavy (non-hydrogen) atoms. The van der Waals surface area contributed by atoms with E-state index in [-0.39, 0.29) is 0 Å². The highest BCUT2D eigenvalue weighted by Crippen LogP contribution is 2.20. The van der Waals surface area contributed by atoms with Gasteiger partial charge in [0.1, 0.15) is 0 Å². The van der Waals surface area contributed by atoms with Crippen molar-refractivity contribution in [3.05, 3.63) is 41.7 Å². The molecule has 0 fully saturated rings. The van der Waals surface area contributed by atoms with E-state index < -0.39 is 0 Å². The monoisotopic (exact) mass is 185 g/mol. The van der Waals surface area contributed by atoms with Gasteiger partial charge in [-0.15, -0.1) is 0 Å². The van der Waals surface area contributed by atoms with Crippen LogP contribution in [0.2, 0.25) is 0 Å². The average Bonchev–Trinajstić information content (AvgIpc) is 2.16. The normalized spacial score (nSPS) is 11.1. The lowest BCUT2D eigenvalue weighted by molar-refractivity contribution is 0.868. The first kappa shape index (κ1) is 9.20. The van der Waals surface area contributed by atoms with E-state index in [1.807, 2.05) is 13.1 Å². The van der Waals surface area contributed by atoms with Gasteiger partial charge in [0.25, 0.3) is 0 Å². The molecule has 0 aliphatic heterocycles. The zero-order valence-corrected chi connectivity index (χ0v) is 8.91. The SMILES string of the molecule is Cc1cc2ccc(C(C)C)cc2cn1. The highest BCUT2D eigenvalue weighted by molar-refractivity contribution is 5.82. The summed E-state index contributed by atoms with van der Waals surface area (Å²) in [6, 6.07) is 8.73. The first-order valence-electron chi connectivity index (χ1n) is 5.03. The van der Waals surface area contributed by atoms with E-state index in [0.29, 0.717) is 5.92 Å². The Morgan fingerprint density at radius 1 is 1.07 bits per heavy atom. The summed E-state index contributed by atoms with van der Waals surface area (Å²) in [4.78, 5) is 4.31. The minimum Gasteiger partial charge on any atom is -0.261 e. The molecule has 0 saturated carbocycles. The zero-order chi connectivity index (χ0) is 10.1. The van der Waals surface area contributed by atoms with Crippen molar-refractivity contribution < 1.29 is 0 Å². The van der Waals surface area contributed by atoms with Crippen molar-refractivity contribution in [3.63, 3.8) is 0 Å². The summed E-state index contributed by atoms with van der Waals surface area (Å²) in [5.41, 5.74) is 2.46. The van der Waals surface area contributed by atoms with Gasteiger partial charge in [0.2, 0.25) is 0 Å². The van der Waals surface area contributed by atoms with Crippen LogP contribution in [0.15, 0.2) is 30.5 Å². The fourth-order valence-corrected chi connectivity index (χ4v) is 1.63. The summed E-state index contributed by atoms with van der Waals surface area (Å²) in [5, 5.41) is 2.52. The molecule has 0 amide bonds. The quantitative estimate of drug-likeness (QED) is 0.660. The largest absolute Gasteiger partial charge is 0.261 e. The van der Waals surface area contributed by atoms with Crippen molar-refractivity contribution >= 4 is 10.8 Å². The van der Waals surface area contributed by atoms with Gasteiger partial charge >= 0.3 is 0 Å². The fourth-order valence-electron chi connectivity index (χ4n) is 1.63. The van der Waals surface area contributed by atoms with Crippen molar-refractivity contribution in [2.75, 3.05) is 0 Å². The van der Waals surface area contributed by atoms with Crippen molar-refractivity contribution in [2.45, 2.75) is 26.7 Å². The number of rotatable bonds is 1. The van der Waals surface area contributed by atoms with E-state index in [1.165, 1.54) is 16.3 Å². The van der Waals surface area contributed by atoms with Crippen LogP contribution in [-0.2, 0) is 0 Å². The number of hydrogen-bond donors (Lipinski definition) is 0. The first-order valence-corrected chi connectivity index (χ1v) is 5.03. The molecule has 0 aliphatic rings. The number of pyridine rings is 1. The van der Waals surface area contributed by atoms with Gasteiger partial charge in [-0.2, -0.15) is 0 Å². The van der Waals surface area contributed by atoms with Crippen LogP contribution in [0.3, 0.4) is 0 Å². The standard InChI is InChI=1S/C13H15N/c1-9(2)11-4-5-12-6-10(3)14-8-13(12)7-11/h4-9H,1-3H3. The number of nitrogens with zero attached hydrogens (tertiary/aromatic N) is 1. The summed E-state index contributed by atoms with van der Waals surface area (Å²) in [6.07, 6.45) is 1.95. The highest BCUT2D eigenvalue weighted by atomic mass is 14.6. The average molecular weight is 185 g/mol. The summed E-state index contributed by atoms with van der Waals surface area (Å²) in [5.74, 6) is 0.584. The van der Waals surface area contributed by atoms with Crippen LogP contribution in [0, 0.1) is 6.92 Å². The highest BCUT2D eigenvalue weighted by Gasteiger charge is 2.00. The van der Waals surface area contributed by atoms with Gasteiger partial charge in [0.15, 0.2) is 0 Å². The van der Waals surface area contributed by atoms with Crippen LogP contribution in [0.5, 0.6) is 0 Å². The minimum atomic E-state index is 0.584. The maximum Gasteiger partial charge on any atom is 0.0379 e. The third kappa shape index (κ3) is 1.63. The Labute approximate surface area is 84.8 Å². The molecule has 1 aromatic heterocycles. The smallest absolute Gasteiger partial charge is 0.0379 e. The first-order chi connectivity index (χ1) is 6.66. The second-order valence-corrected chi connectivity index (χ2v) is 4.09. The van der Waals surface area contributed by atoms with Crippen molar-refractivity contribution in [1.82, 2.24) is 4.98 Å². The number of fused-ring (bicyclic) bond motifs is 1. The molecule has 1 aromatic carbocycles. The summed E-state index contributed by atoms with van der Waals surface area (Å²) >= 11 is 0. The Hall–Kier alpha value is -1.37. The van der Waals surface area contributed by atoms with E-state index in [2.05, 4.69) is 43.1 Å². The lowest BCUT2D eigenvalue weighted by atomic mass is 10.0. The van der Waals surface area contributed by atoms with Crippen LogP contribution < -0.4 is 0 Å².